The third-order valence-corrected chi connectivity index (χ3v) is 7.57. The second kappa shape index (κ2) is 14.4. The number of carbonyl (C=O) groups is 2. The van der Waals surface area contributed by atoms with Crippen LogP contribution in [0.3, 0.4) is 0 Å². The van der Waals surface area contributed by atoms with Crippen molar-refractivity contribution < 1.29 is 19.1 Å². The summed E-state index contributed by atoms with van der Waals surface area (Å²) in [6.07, 6.45) is 2.26. The Hall–Kier alpha value is -3.78. The number of nitrogens with zero attached hydrogens (tertiary/aromatic N) is 2. The Labute approximate surface area is 236 Å². The molecule has 8 heteroatoms. The summed E-state index contributed by atoms with van der Waals surface area (Å²) in [5, 5.41) is 4.95. The van der Waals surface area contributed by atoms with Gasteiger partial charge in [0.1, 0.15) is 6.54 Å². The molecule has 3 amide bonds. The number of ether oxygens (including phenoxy) is 2. The number of nitrogens with one attached hydrogen (secondary N) is 1. The summed E-state index contributed by atoms with van der Waals surface area (Å²) in [6, 6.07) is 15.3. The van der Waals surface area contributed by atoms with Gasteiger partial charge in [-0.3, -0.25) is 4.79 Å². The molecule has 2 aromatic carbocycles. The monoisotopic (exact) mass is 549 g/mol. The van der Waals surface area contributed by atoms with E-state index in [1.807, 2.05) is 59.7 Å². The van der Waals surface area contributed by atoms with Crippen LogP contribution in [0.5, 0.6) is 11.5 Å². The molecule has 0 aliphatic carbocycles. The first-order chi connectivity index (χ1) is 18.7. The lowest BCUT2D eigenvalue weighted by Crippen LogP contribution is -2.44. The third-order valence-electron chi connectivity index (χ3n) is 6.57. The molecule has 0 atom stereocenters. The first kappa shape index (κ1) is 29.8. The molecule has 0 saturated carbocycles. The molecule has 1 aromatic heterocycles. The second-order valence-electron chi connectivity index (χ2n) is 9.66. The van der Waals surface area contributed by atoms with Gasteiger partial charge in [-0.2, -0.15) is 0 Å². The molecule has 0 unspecified atom stereocenters. The summed E-state index contributed by atoms with van der Waals surface area (Å²) in [6.45, 7) is 11.3. The highest BCUT2D eigenvalue weighted by atomic mass is 32.1. The van der Waals surface area contributed by atoms with E-state index in [9.17, 15) is 9.59 Å². The summed E-state index contributed by atoms with van der Waals surface area (Å²) in [5.74, 6) is 1.59. The number of thiophene rings is 1. The predicted molar refractivity (Wildman–Crippen MR) is 159 cm³/mol. The van der Waals surface area contributed by atoms with Gasteiger partial charge in [-0.25, -0.2) is 4.79 Å². The number of methoxy groups -OCH3 is 2. The summed E-state index contributed by atoms with van der Waals surface area (Å²) in [4.78, 5) is 31.2. The Kier molecular flexibility index (Phi) is 11.0. The number of hydrogen-bond acceptors (Lipinski definition) is 5. The van der Waals surface area contributed by atoms with Gasteiger partial charge in [0.25, 0.3) is 0 Å². The fourth-order valence-corrected chi connectivity index (χ4v) is 5.04. The van der Waals surface area contributed by atoms with Gasteiger partial charge < -0.3 is 24.6 Å². The zero-order valence-electron chi connectivity index (χ0n) is 23.5. The van der Waals surface area contributed by atoms with E-state index in [4.69, 9.17) is 9.47 Å². The maximum Gasteiger partial charge on any atom is 0.322 e. The van der Waals surface area contributed by atoms with Crippen molar-refractivity contribution in [1.82, 2.24) is 9.80 Å². The maximum absolute atomic E-state index is 13.6. The topological polar surface area (TPSA) is 71.1 Å². The molecule has 0 bridgehead atoms. The van der Waals surface area contributed by atoms with E-state index in [1.54, 1.807) is 31.6 Å². The van der Waals surface area contributed by atoms with Crippen LogP contribution >= 0.6 is 11.3 Å². The van der Waals surface area contributed by atoms with Crippen LogP contribution < -0.4 is 14.8 Å². The normalized spacial score (nSPS) is 10.7. The molecule has 0 aliphatic heterocycles. The van der Waals surface area contributed by atoms with Crippen molar-refractivity contribution >= 4 is 29.0 Å². The number of carbonyl (C=O) groups excluding carboxylic acids is 2. The molecule has 0 fully saturated rings. The minimum absolute atomic E-state index is 0.0573. The molecule has 3 aromatic rings. The van der Waals surface area contributed by atoms with Crippen molar-refractivity contribution in [3.05, 3.63) is 88.1 Å². The minimum Gasteiger partial charge on any atom is -0.493 e. The SMILES string of the molecule is C=CCN(CC(=O)N(CCc1ccc(OC)c(OC)c1)Cc1sccc1C)C(=O)Nc1ccc(C(C)C)cc1. The number of amides is 3. The van der Waals surface area contributed by atoms with E-state index in [-0.39, 0.29) is 25.0 Å². The number of hydrogen-bond donors (Lipinski definition) is 1. The van der Waals surface area contributed by atoms with Crippen LogP contribution in [0.1, 0.15) is 41.3 Å². The van der Waals surface area contributed by atoms with E-state index in [2.05, 4.69) is 31.8 Å². The van der Waals surface area contributed by atoms with Gasteiger partial charge in [-0.05, 0) is 71.7 Å². The van der Waals surface area contributed by atoms with Crippen molar-refractivity contribution in [3.8, 4) is 11.5 Å². The van der Waals surface area contributed by atoms with Crippen LogP contribution in [-0.4, -0.2) is 55.6 Å². The third kappa shape index (κ3) is 8.35. The molecule has 0 radical (unpaired) electrons. The number of aryl methyl sites for hydroxylation is 1. The van der Waals surface area contributed by atoms with Crippen LogP contribution in [0.25, 0.3) is 0 Å². The van der Waals surface area contributed by atoms with E-state index >= 15 is 0 Å². The average Bonchev–Trinajstić information content (AvgIpc) is 3.34. The smallest absolute Gasteiger partial charge is 0.322 e. The van der Waals surface area contributed by atoms with E-state index in [1.165, 1.54) is 10.5 Å². The van der Waals surface area contributed by atoms with Gasteiger partial charge in [-0.15, -0.1) is 17.9 Å². The fourth-order valence-electron chi connectivity index (χ4n) is 4.12. The lowest BCUT2D eigenvalue weighted by atomic mass is 10.0. The van der Waals surface area contributed by atoms with Crippen LogP contribution in [0, 0.1) is 6.92 Å². The first-order valence-electron chi connectivity index (χ1n) is 13.0. The van der Waals surface area contributed by atoms with Crippen LogP contribution in [0.2, 0.25) is 0 Å². The van der Waals surface area contributed by atoms with Crippen molar-refractivity contribution in [2.75, 3.05) is 39.2 Å². The van der Waals surface area contributed by atoms with Gasteiger partial charge in [0.2, 0.25) is 5.91 Å². The minimum atomic E-state index is -0.340. The molecular formula is C31H39N3O4S. The Morgan fingerprint density at radius 3 is 2.33 bits per heavy atom. The van der Waals surface area contributed by atoms with Gasteiger partial charge >= 0.3 is 6.03 Å². The largest absolute Gasteiger partial charge is 0.493 e. The van der Waals surface area contributed by atoms with E-state index < -0.39 is 0 Å². The molecule has 1 N–H and O–H groups in total. The molecule has 39 heavy (non-hydrogen) atoms. The van der Waals surface area contributed by atoms with Gasteiger partial charge in [-0.1, -0.05) is 38.1 Å². The van der Waals surface area contributed by atoms with Crippen molar-refractivity contribution in [3.63, 3.8) is 0 Å². The maximum atomic E-state index is 13.6. The molecule has 3 rings (SSSR count). The molecule has 0 saturated heterocycles. The Morgan fingerprint density at radius 1 is 1.03 bits per heavy atom. The number of rotatable bonds is 13. The standard InChI is InChI=1S/C31H39N3O4S/c1-7-16-34(31(36)32-26-11-9-25(10-12-26)22(2)3)21-30(35)33(20-29-23(4)15-18-39-29)17-14-24-8-13-27(37-5)28(19-24)38-6/h7-13,15,18-19,22H,1,14,16-17,20-21H2,2-6H3,(H,32,36). The lowest BCUT2D eigenvalue weighted by molar-refractivity contribution is -0.132. The zero-order chi connectivity index (χ0) is 28.4. The molecular weight excluding hydrogens is 510 g/mol. The molecule has 208 valence electrons. The number of benzene rings is 2. The summed E-state index contributed by atoms with van der Waals surface area (Å²) in [5.41, 5.74) is 4.05. The van der Waals surface area contributed by atoms with E-state index in [0.29, 0.717) is 42.6 Å². The van der Waals surface area contributed by atoms with Crippen molar-refractivity contribution in [2.45, 2.75) is 39.7 Å². The quantitative estimate of drug-likeness (QED) is 0.248. The van der Waals surface area contributed by atoms with Crippen molar-refractivity contribution in [1.29, 1.82) is 0 Å². The summed E-state index contributed by atoms with van der Waals surface area (Å²) in [7, 11) is 3.21. The zero-order valence-corrected chi connectivity index (χ0v) is 24.3. The summed E-state index contributed by atoms with van der Waals surface area (Å²) < 4.78 is 10.8. The number of urea groups is 1. The highest BCUT2D eigenvalue weighted by Crippen LogP contribution is 2.28. The van der Waals surface area contributed by atoms with Gasteiger partial charge in [0.05, 0.1) is 20.8 Å². The van der Waals surface area contributed by atoms with Crippen LogP contribution in [0.15, 0.2) is 66.6 Å². The summed E-state index contributed by atoms with van der Waals surface area (Å²) >= 11 is 1.63. The van der Waals surface area contributed by atoms with Crippen molar-refractivity contribution in [2.24, 2.45) is 0 Å². The van der Waals surface area contributed by atoms with Gasteiger partial charge in [0, 0.05) is 23.7 Å². The van der Waals surface area contributed by atoms with Gasteiger partial charge in [0.15, 0.2) is 11.5 Å². The predicted octanol–water partition coefficient (Wildman–Crippen LogP) is 6.49. The Bertz CT molecular complexity index is 1250. The Morgan fingerprint density at radius 2 is 1.74 bits per heavy atom. The molecule has 1 heterocycles. The van der Waals surface area contributed by atoms with E-state index in [0.717, 1.165) is 16.0 Å². The highest BCUT2D eigenvalue weighted by molar-refractivity contribution is 7.10. The van der Waals surface area contributed by atoms with Crippen LogP contribution in [-0.2, 0) is 17.8 Å². The fraction of sp³-hybridized carbons (Fsp3) is 0.355. The lowest BCUT2D eigenvalue weighted by Gasteiger charge is -2.27. The second-order valence-corrected chi connectivity index (χ2v) is 10.7. The Balaban J connectivity index is 1.74. The average molecular weight is 550 g/mol. The number of anilines is 1. The highest BCUT2D eigenvalue weighted by Gasteiger charge is 2.22. The van der Waals surface area contributed by atoms with Crippen LogP contribution in [0.4, 0.5) is 10.5 Å². The first-order valence-corrected chi connectivity index (χ1v) is 13.9. The molecule has 0 spiro atoms. The molecule has 7 nitrogen and oxygen atoms in total. The molecule has 0 aliphatic rings.